The zero-order chi connectivity index (χ0) is 15.4. The molecule has 0 amide bonds. The predicted molar refractivity (Wildman–Crippen MR) is 79.6 cm³/mol. The molecule has 0 aliphatic carbocycles. The lowest BCUT2D eigenvalue weighted by Crippen LogP contribution is -2.25. The molecule has 0 fully saturated rings. The van der Waals surface area contributed by atoms with Gasteiger partial charge in [0, 0.05) is 16.2 Å². The van der Waals surface area contributed by atoms with Crippen molar-refractivity contribution in [3.05, 3.63) is 65.5 Å². The summed E-state index contributed by atoms with van der Waals surface area (Å²) in [4.78, 5) is 0.590. The largest absolute Gasteiger partial charge is 0.326 e. The highest BCUT2D eigenvalue weighted by molar-refractivity contribution is 7.99. The van der Waals surface area contributed by atoms with E-state index in [0.29, 0.717) is 4.90 Å². The van der Waals surface area contributed by atoms with Crippen molar-refractivity contribution in [3.63, 3.8) is 0 Å². The van der Waals surface area contributed by atoms with Crippen molar-refractivity contribution < 1.29 is 13.2 Å². The fourth-order valence-electron chi connectivity index (χ4n) is 1.97. The molecular weight excluding hydrogens is 295 g/mol. The summed E-state index contributed by atoms with van der Waals surface area (Å²) in [5.41, 5.74) is 6.98. The molecule has 21 heavy (non-hydrogen) atoms. The smallest absolute Gasteiger partial charge is 0.159 e. The summed E-state index contributed by atoms with van der Waals surface area (Å²) in [7, 11) is 0. The molecule has 112 valence electrons. The number of halogens is 3. The zero-order valence-electron chi connectivity index (χ0n) is 11.5. The van der Waals surface area contributed by atoms with Crippen molar-refractivity contribution >= 4 is 11.8 Å². The maximum absolute atomic E-state index is 13.3. The number of hydrogen-bond donors (Lipinski definition) is 1. The highest BCUT2D eigenvalue weighted by Gasteiger charge is 2.20. The lowest BCUT2D eigenvalue weighted by atomic mass is 10.0. The summed E-state index contributed by atoms with van der Waals surface area (Å²) in [5.74, 6) is -2.08. The molecule has 0 aliphatic heterocycles. The van der Waals surface area contributed by atoms with Gasteiger partial charge < -0.3 is 5.73 Å². The molecular formula is C16H16F3NS. The first-order valence-electron chi connectivity index (χ1n) is 6.64. The third-order valence-corrected chi connectivity index (χ3v) is 4.61. The molecule has 0 aliphatic rings. The molecule has 5 heteroatoms. The topological polar surface area (TPSA) is 26.0 Å². The van der Waals surface area contributed by atoms with Crippen LogP contribution in [0.3, 0.4) is 0 Å². The van der Waals surface area contributed by atoms with Gasteiger partial charge in [0.2, 0.25) is 0 Å². The van der Waals surface area contributed by atoms with Crippen LogP contribution in [0.5, 0.6) is 0 Å². The van der Waals surface area contributed by atoms with E-state index in [-0.39, 0.29) is 17.1 Å². The van der Waals surface area contributed by atoms with Crippen molar-refractivity contribution in [2.45, 2.75) is 29.5 Å². The van der Waals surface area contributed by atoms with E-state index < -0.39 is 11.6 Å². The average molecular weight is 311 g/mol. The summed E-state index contributed by atoms with van der Waals surface area (Å²) in [6.07, 6.45) is 0.721. The molecule has 1 nitrogen and oxygen atoms in total. The van der Waals surface area contributed by atoms with Crippen LogP contribution < -0.4 is 5.73 Å². The van der Waals surface area contributed by atoms with Crippen LogP contribution in [0.25, 0.3) is 0 Å². The van der Waals surface area contributed by atoms with Crippen molar-refractivity contribution in [1.29, 1.82) is 0 Å². The molecule has 2 atom stereocenters. The van der Waals surface area contributed by atoms with Crippen molar-refractivity contribution in [2.24, 2.45) is 5.73 Å². The molecule has 0 aromatic heterocycles. The van der Waals surface area contributed by atoms with E-state index in [9.17, 15) is 13.2 Å². The zero-order valence-corrected chi connectivity index (χ0v) is 12.3. The Labute approximate surface area is 126 Å². The van der Waals surface area contributed by atoms with Crippen LogP contribution in [0.4, 0.5) is 13.2 Å². The Bertz CT molecular complexity index is 601. The SMILES string of the molecule is CCC(N)C(Sc1ccc(F)c(F)c1)c1ccc(F)cc1. The molecule has 2 aromatic carbocycles. The number of hydrogen-bond acceptors (Lipinski definition) is 2. The maximum atomic E-state index is 13.3. The van der Waals surface area contributed by atoms with Gasteiger partial charge in [-0.1, -0.05) is 19.1 Å². The van der Waals surface area contributed by atoms with E-state index >= 15 is 0 Å². The fourth-order valence-corrected chi connectivity index (χ4v) is 3.24. The number of thioether (sulfide) groups is 1. The monoisotopic (exact) mass is 311 g/mol. The molecule has 0 saturated carbocycles. The van der Waals surface area contributed by atoms with E-state index in [1.54, 1.807) is 12.1 Å². The summed E-state index contributed by atoms with van der Waals surface area (Å²) in [6, 6.07) is 9.67. The highest BCUT2D eigenvalue weighted by Crippen LogP contribution is 2.38. The second-order valence-electron chi connectivity index (χ2n) is 4.74. The van der Waals surface area contributed by atoms with Gasteiger partial charge in [0.05, 0.1) is 0 Å². The number of rotatable bonds is 5. The predicted octanol–water partition coefficient (Wildman–Crippen LogP) is 4.67. The van der Waals surface area contributed by atoms with E-state index in [2.05, 4.69) is 0 Å². The van der Waals surface area contributed by atoms with Crippen LogP contribution in [0.15, 0.2) is 47.4 Å². The van der Waals surface area contributed by atoms with Gasteiger partial charge in [-0.15, -0.1) is 11.8 Å². The average Bonchev–Trinajstić information content (AvgIpc) is 2.48. The summed E-state index contributed by atoms with van der Waals surface area (Å²) < 4.78 is 39.3. The van der Waals surface area contributed by atoms with E-state index in [0.717, 1.165) is 24.1 Å². The standard InChI is InChI=1S/C16H16F3NS/c1-2-15(20)16(10-3-5-11(17)6-4-10)21-12-7-8-13(18)14(19)9-12/h3-9,15-16H,2,20H2,1H3. The summed E-state index contributed by atoms with van der Waals surface area (Å²) >= 11 is 1.35. The van der Waals surface area contributed by atoms with Gasteiger partial charge in [-0.05, 0) is 42.3 Å². The van der Waals surface area contributed by atoms with Gasteiger partial charge in [-0.2, -0.15) is 0 Å². The molecule has 2 rings (SSSR count). The van der Waals surface area contributed by atoms with Crippen molar-refractivity contribution in [1.82, 2.24) is 0 Å². The van der Waals surface area contributed by atoms with Crippen LogP contribution in [0, 0.1) is 17.5 Å². The third kappa shape index (κ3) is 4.02. The molecule has 0 heterocycles. The minimum Gasteiger partial charge on any atom is -0.326 e. The minimum atomic E-state index is -0.886. The second-order valence-corrected chi connectivity index (χ2v) is 5.95. The normalized spacial score (nSPS) is 14.0. The lowest BCUT2D eigenvalue weighted by molar-refractivity contribution is 0.505. The van der Waals surface area contributed by atoms with Gasteiger partial charge in [-0.3, -0.25) is 0 Å². The maximum Gasteiger partial charge on any atom is 0.159 e. The Hall–Kier alpha value is -1.46. The van der Waals surface area contributed by atoms with Crippen LogP contribution in [-0.2, 0) is 0 Å². The number of nitrogens with two attached hydrogens (primary N) is 1. The Balaban J connectivity index is 2.28. The van der Waals surface area contributed by atoms with Crippen LogP contribution in [-0.4, -0.2) is 6.04 Å². The van der Waals surface area contributed by atoms with Gasteiger partial charge >= 0.3 is 0 Å². The second kappa shape index (κ2) is 7.00. The Morgan fingerprint density at radius 1 is 1.00 bits per heavy atom. The van der Waals surface area contributed by atoms with Crippen molar-refractivity contribution in [3.8, 4) is 0 Å². The highest BCUT2D eigenvalue weighted by atomic mass is 32.2. The lowest BCUT2D eigenvalue weighted by Gasteiger charge is -2.23. The molecule has 2 N–H and O–H groups in total. The minimum absolute atomic E-state index is 0.152. The van der Waals surface area contributed by atoms with Gasteiger partial charge in [0.15, 0.2) is 11.6 Å². The van der Waals surface area contributed by atoms with E-state index in [1.165, 1.54) is 30.0 Å². The van der Waals surface area contributed by atoms with E-state index in [1.807, 2.05) is 6.92 Å². The van der Waals surface area contributed by atoms with E-state index in [4.69, 9.17) is 5.73 Å². The van der Waals surface area contributed by atoms with Gasteiger partial charge in [0.25, 0.3) is 0 Å². The van der Waals surface area contributed by atoms with Crippen LogP contribution >= 0.6 is 11.8 Å². The first-order valence-corrected chi connectivity index (χ1v) is 7.52. The third-order valence-electron chi connectivity index (χ3n) is 3.21. The molecule has 0 saturated heterocycles. The molecule has 2 unspecified atom stereocenters. The fraction of sp³-hybridized carbons (Fsp3) is 0.250. The molecule has 0 spiro atoms. The first kappa shape index (κ1) is 15.9. The Kier molecular flexibility index (Phi) is 5.31. The number of benzene rings is 2. The molecule has 2 aromatic rings. The van der Waals surface area contributed by atoms with Gasteiger partial charge in [-0.25, -0.2) is 13.2 Å². The summed E-state index contributed by atoms with van der Waals surface area (Å²) in [6.45, 7) is 1.95. The van der Waals surface area contributed by atoms with Crippen molar-refractivity contribution in [2.75, 3.05) is 0 Å². The Morgan fingerprint density at radius 2 is 1.67 bits per heavy atom. The van der Waals surface area contributed by atoms with Crippen LogP contribution in [0.1, 0.15) is 24.2 Å². The molecule has 0 radical (unpaired) electrons. The summed E-state index contributed by atoms with van der Waals surface area (Å²) in [5, 5.41) is -0.152. The first-order chi connectivity index (χ1) is 10.0. The Morgan fingerprint density at radius 3 is 2.24 bits per heavy atom. The molecule has 0 bridgehead atoms. The van der Waals surface area contributed by atoms with Crippen LogP contribution in [0.2, 0.25) is 0 Å². The van der Waals surface area contributed by atoms with Gasteiger partial charge in [0.1, 0.15) is 5.82 Å². The quantitative estimate of drug-likeness (QED) is 0.812.